The van der Waals surface area contributed by atoms with Crippen LogP contribution in [-0.4, -0.2) is 31.1 Å². The van der Waals surface area contributed by atoms with Crippen LogP contribution in [0.15, 0.2) is 24.3 Å². The average molecular weight is 217 g/mol. The zero-order chi connectivity index (χ0) is 12.0. The normalized spacial score (nSPS) is 10.5. The monoisotopic (exact) mass is 217 g/mol. The zero-order valence-electron chi connectivity index (χ0n) is 10.2. The van der Waals surface area contributed by atoms with Gasteiger partial charge in [-0.15, -0.1) is 0 Å². The molecule has 3 nitrogen and oxygen atoms in total. The van der Waals surface area contributed by atoms with Crippen LogP contribution < -0.4 is 5.32 Å². The minimum Gasteiger partial charge on any atom is -0.383 e. The van der Waals surface area contributed by atoms with Gasteiger partial charge in [0.05, 0.1) is 11.3 Å². The van der Waals surface area contributed by atoms with E-state index < -0.39 is 0 Å². The molecule has 16 heavy (non-hydrogen) atoms. The van der Waals surface area contributed by atoms with Crippen molar-refractivity contribution in [1.29, 1.82) is 5.26 Å². The van der Waals surface area contributed by atoms with Gasteiger partial charge < -0.3 is 10.2 Å². The van der Waals surface area contributed by atoms with Gasteiger partial charge in [0.2, 0.25) is 0 Å². The average Bonchev–Trinajstić information content (AvgIpc) is 2.29. The minimum absolute atomic E-state index is 0.549. The second-order valence-electron chi connectivity index (χ2n) is 4.16. The summed E-state index contributed by atoms with van der Waals surface area (Å²) < 4.78 is 0. The van der Waals surface area contributed by atoms with E-state index >= 15 is 0 Å². The number of hydrogen-bond acceptors (Lipinski definition) is 3. The first kappa shape index (κ1) is 12.5. The molecule has 0 aliphatic rings. The third-order valence-electron chi connectivity index (χ3n) is 2.71. The summed E-state index contributed by atoms with van der Waals surface area (Å²) in [5, 5.41) is 12.2. The van der Waals surface area contributed by atoms with E-state index in [1.54, 1.807) is 0 Å². The number of rotatable bonds is 5. The van der Waals surface area contributed by atoms with Crippen LogP contribution in [0.5, 0.6) is 0 Å². The molecule has 0 heterocycles. The molecule has 0 saturated carbocycles. The topological polar surface area (TPSA) is 39.1 Å². The van der Waals surface area contributed by atoms with E-state index in [0.29, 0.717) is 11.6 Å². The highest BCUT2D eigenvalue weighted by Crippen LogP contribution is 2.12. The Morgan fingerprint density at radius 1 is 1.38 bits per heavy atom. The van der Waals surface area contributed by atoms with Crippen molar-refractivity contribution >= 4 is 5.69 Å². The van der Waals surface area contributed by atoms with E-state index in [9.17, 15) is 0 Å². The van der Waals surface area contributed by atoms with Gasteiger partial charge in [0.15, 0.2) is 0 Å². The van der Waals surface area contributed by atoms with Gasteiger partial charge in [0.1, 0.15) is 6.07 Å². The van der Waals surface area contributed by atoms with Crippen molar-refractivity contribution in [2.45, 2.75) is 19.9 Å². The second kappa shape index (κ2) is 6.14. The summed E-state index contributed by atoms with van der Waals surface area (Å²) in [6.45, 7) is 6.16. The number of para-hydroxylation sites is 1. The second-order valence-corrected chi connectivity index (χ2v) is 4.16. The van der Waals surface area contributed by atoms with E-state index in [4.69, 9.17) is 5.26 Å². The Morgan fingerprint density at radius 3 is 2.69 bits per heavy atom. The van der Waals surface area contributed by atoms with Crippen molar-refractivity contribution in [2.24, 2.45) is 0 Å². The van der Waals surface area contributed by atoms with E-state index in [1.807, 2.05) is 24.3 Å². The summed E-state index contributed by atoms with van der Waals surface area (Å²) in [6.07, 6.45) is 0. The number of benzene rings is 1. The van der Waals surface area contributed by atoms with Crippen LogP contribution in [0, 0.1) is 11.3 Å². The maximum absolute atomic E-state index is 8.91. The lowest BCUT2D eigenvalue weighted by molar-refractivity contribution is 0.284. The first-order valence-corrected chi connectivity index (χ1v) is 5.58. The van der Waals surface area contributed by atoms with Gasteiger partial charge in [-0.2, -0.15) is 5.26 Å². The molecule has 0 aromatic heterocycles. The predicted octanol–water partition coefficient (Wildman–Crippen LogP) is 2.31. The molecule has 0 spiro atoms. The van der Waals surface area contributed by atoms with Gasteiger partial charge in [-0.05, 0) is 33.0 Å². The van der Waals surface area contributed by atoms with Crippen LogP contribution in [0.3, 0.4) is 0 Å². The lowest BCUT2D eigenvalue weighted by Crippen LogP contribution is -2.31. The molecule has 0 radical (unpaired) electrons. The fraction of sp³-hybridized carbons (Fsp3) is 0.462. The molecule has 0 fully saturated rings. The fourth-order valence-corrected chi connectivity index (χ4v) is 1.36. The lowest BCUT2D eigenvalue weighted by Gasteiger charge is -2.21. The first-order chi connectivity index (χ1) is 7.65. The number of likely N-dealkylation sites (N-methyl/N-ethyl adjacent to an activating group) is 1. The molecule has 0 unspecified atom stereocenters. The summed E-state index contributed by atoms with van der Waals surface area (Å²) in [5.41, 5.74) is 1.62. The smallest absolute Gasteiger partial charge is 0.101 e. The van der Waals surface area contributed by atoms with Crippen molar-refractivity contribution in [2.75, 3.05) is 25.5 Å². The highest BCUT2D eigenvalue weighted by atomic mass is 15.1. The molecule has 86 valence electrons. The predicted molar refractivity (Wildman–Crippen MR) is 67.4 cm³/mol. The maximum atomic E-state index is 8.91. The SMILES string of the molecule is CC(C)N(C)CCNc1ccccc1C#N. The van der Waals surface area contributed by atoms with E-state index in [2.05, 4.69) is 37.2 Å². The van der Waals surface area contributed by atoms with E-state index in [0.717, 1.165) is 18.8 Å². The minimum atomic E-state index is 0.549. The molecule has 0 saturated heterocycles. The van der Waals surface area contributed by atoms with Crippen molar-refractivity contribution in [3.8, 4) is 6.07 Å². The number of nitrogens with zero attached hydrogens (tertiary/aromatic N) is 2. The number of nitrogens with one attached hydrogen (secondary N) is 1. The van der Waals surface area contributed by atoms with Crippen molar-refractivity contribution in [3.05, 3.63) is 29.8 Å². The van der Waals surface area contributed by atoms with E-state index in [-0.39, 0.29) is 0 Å². The molecule has 1 aromatic rings. The highest BCUT2D eigenvalue weighted by molar-refractivity contribution is 5.57. The first-order valence-electron chi connectivity index (χ1n) is 5.58. The molecule has 0 aliphatic heterocycles. The Balaban J connectivity index is 2.46. The Bertz CT molecular complexity index is 366. The summed E-state index contributed by atoms with van der Waals surface area (Å²) in [7, 11) is 2.10. The van der Waals surface area contributed by atoms with E-state index in [1.165, 1.54) is 0 Å². The number of anilines is 1. The standard InChI is InChI=1S/C13H19N3/c1-11(2)16(3)9-8-15-13-7-5-4-6-12(13)10-14/h4-7,11,15H,8-9H2,1-3H3. The summed E-state index contributed by atoms with van der Waals surface area (Å²) in [4.78, 5) is 2.27. The van der Waals surface area contributed by atoms with Gasteiger partial charge >= 0.3 is 0 Å². The molecule has 0 atom stereocenters. The molecule has 1 rings (SSSR count). The number of nitriles is 1. The third kappa shape index (κ3) is 3.56. The van der Waals surface area contributed by atoms with Gasteiger partial charge in [-0.3, -0.25) is 0 Å². The summed E-state index contributed by atoms with van der Waals surface area (Å²) >= 11 is 0. The maximum Gasteiger partial charge on any atom is 0.101 e. The Labute approximate surface area is 97.7 Å². The van der Waals surface area contributed by atoms with Crippen molar-refractivity contribution < 1.29 is 0 Å². The van der Waals surface area contributed by atoms with Crippen molar-refractivity contribution in [3.63, 3.8) is 0 Å². The van der Waals surface area contributed by atoms with Crippen LogP contribution in [-0.2, 0) is 0 Å². The molecular weight excluding hydrogens is 198 g/mol. The van der Waals surface area contributed by atoms with Crippen molar-refractivity contribution in [1.82, 2.24) is 4.90 Å². The van der Waals surface area contributed by atoms with Gasteiger partial charge in [0.25, 0.3) is 0 Å². The fourth-order valence-electron chi connectivity index (χ4n) is 1.36. The summed E-state index contributed by atoms with van der Waals surface area (Å²) in [5.74, 6) is 0. The Kier molecular flexibility index (Phi) is 4.81. The lowest BCUT2D eigenvalue weighted by atomic mass is 10.2. The molecule has 0 amide bonds. The number of hydrogen-bond donors (Lipinski definition) is 1. The highest BCUT2D eigenvalue weighted by Gasteiger charge is 2.03. The molecule has 1 aromatic carbocycles. The third-order valence-corrected chi connectivity index (χ3v) is 2.71. The van der Waals surface area contributed by atoms with Crippen LogP contribution in [0.4, 0.5) is 5.69 Å². The van der Waals surface area contributed by atoms with Crippen LogP contribution in [0.2, 0.25) is 0 Å². The molecular formula is C13H19N3. The quantitative estimate of drug-likeness (QED) is 0.822. The van der Waals surface area contributed by atoms with Gasteiger partial charge in [0, 0.05) is 19.1 Å². The Morgan fingerprint density at radius 2 is 2.06 bits per heavy atom. The molecule has 0 aliphatic carbocycles. The van der Waals surface area contributed by atoms with Gasteiger partial charge in [-0.25, -0.2) is 0 Å². The summed E-state index contributed by atoms with van der Waals surface area (Å²) in [6, 6.07) is 10.3. The van der Waals surface area contributed by atoms with Crippen LogP contribution in [0.1, 0.15) is 19.4 Å². The molecule has 1 N–H and O–H groups in total. The largest absolute Gasteiger partial charge is 0.383 e. The zero-order valence-corrected chi connectivity index (χ0v) is 10.2. The van der Waals surface area contributed by atoms with Gasteiger partial charge in [-0.1, -0.05) is 12.1 Å². The molecule has 0 bridgehead atoms. The van der Waals surface area contributed by atoms with Crippen LogP contribution in [0.25, 0.3) is 0 Å². The van der Waals surface area contributed by atoms with Crippen LogP contribution >= 0.6 is 0 Å². The Hall–Kier alpha value is -1.53. The molecule has 3 heteroatoms.